The highest BCUT2D eigenvalue weighted by Gasteiger charge is 2.41. The van der Waals surface area contributed by atoms with E-state index in [1.807, 2.05) is 17.4 Å². The van der Waals surface area contributed by atoms with Crippen molar-refractivity contribution in [1.29, 1.82) is 0 Å². The number of fused-ring (bicyclic) bond motifs is 8. The molecule has 0 radical (unpaired) electrons. The summed E-state index contributed by atoms with van der Waals surface area (Å²) in [5.41, 5.74) is 13.5. The van der Waals surface area contributed by atoms with Crippen LogP contribution in [0.25, 0.3) is 87.1 Å². The van der Waals surface area contributed by atoms with Crippen LogP contribution in [0.5, 0.6) is 0 Å². The smallest absolute Gasteiger partial charge is 0.160 e. The molecule has 0 aliphatic heterocycles. The van der Waals surface area contributed by atoms with Crippen molar-refractivity contribution < 1.29 is 0 Å². The zero-order valence-electron chi connectivity index (χ0n) is 30.2. The van der Waals surface area contributed by atoms with Crippen LogP contribution in [0, 0.1) is 0 Å². The van der Waals surface area contributed by atoms with Gasteiger partial charge in [0.15, 0.2) is 5.82 Å². The molecule has 1 aliphatic carbocycles. The number of thiophene rings is 1. The van der Waals surface area contributed by atoms with Crippen LogP contribution in [0.4, 0.5) is 0 Å². The lowest BCUT2D eigenvalue weighted by Crippen LogP contribution is -2.22. The molecular weight excluding hydrogens is 685 g/mol. The molecule has 0 amide bonds. The molecule has 0 spiro atoms. The van der Waals surface area contributed by atoms with Crippen molar-refractivity contribution in [3.8, 4) is 56.2 Å². The second-order valence-electron chi connectivity index (χ2n) is 14.6. The third-order valence-corrected chi connectivity index (χ3v) is 12.8. The van der Waals surface area contributed by atoms with Crippen molar-refractivity contribution in [2.24, 2.45) is 0 Å². The summed E-state index contributed by atoms with van der Waals surface area (Å²) in [6.45, 7) is 2.36. The number of hydrogen-bond acceptors (Lipinski definition) is 3. The van der Waals surface area contributed by atoms with E-state index in [0.717, 1.165) is 28.1 Å². The lowest BCUT2D eigenvalue weighted by Gasteiger charge is -2.28. The van der Waals surface area contributed by atoms with Gasteiger partial charge >= 0.3 is 0 Å². The number of hydrogen-bond donors (Lipinski definition) is 0. The van der Waals surface area contributed by atoms with Crippen molar-refractivity contribution in [3.63, 3.8) is 0 Å². The number of nitrogens with zero attached hydrogens (tertiary/aromatic N) is 2. The molecule has 11 rings (SSSR count). The van der Waals surface area contributed by atoms with Crippen LogP contribution in [0.3, 0.4) is 0 Å². The fourth-order valence-electron chi connectivity index (χ4n) is 8.93. The van der Waals surface area contributed by atoms with E-state index in [9.17, 15) is 0 Å². The summed E-state index contributed by atoms with van der Waals surface area (Å²) >= 11 is 1.88. The average Bonchev–Trinajstić information content (AvgIpc) is 3.78. The minimum Gasteiger partial charge on any atom is -0.228 e. The number of rotatable bonds is 5. The van der Waals surface area contributed by atoms with Crippen molar-refractivity contribution in [3.05, 3.63) is 205 Å². The van der Waals surface area contributed by atoms with Crippen LogP contribution in [-0.4, -0.2) is 9.97 Å². The Morgan fingerprint density at radius 2 is 1.11 bits per heavy atom. The van der Waals surface area contributed by atoms with Gasteiger partial charge in [-0.25, -0.2) is 9.97 Å². The van der Waals surface area contributed by atoms with Crippen LogP contribution in [0.15, 0.2) is 188 Å². The zero-order valence-corrected chi connectivity index (χ0v) is 31.0. The maximum absolute atomic E-state index is 5.33. The Hall–Kier alpha value is -6.68. The third kappa shape index (κ3) is 4.94. The van der Waals surface area contributed by atoms with Gasteiger partial charge in [0.25, 0.3) is 0 Å². The molecule has 2 nitrogen and oxygen atoms in total. The van der Waals surface area contributed by atoms with E-state index in [-0.39, 0.29) is 5.41 Å². The number of aromatic nitrogens is 2. The molecule has 2 aromatic heterocycles. The molecule has 0 saturated heterocycles. The van der Waals surface area contributed by atoms with Gasteiger partial charge in [0.1, 0.15) is 0 Å². The first-order valence-corrected chi connectivity index (χ1v) is 19.6. The molecular formula is C52H34N2S. The average molecular weight is 719 g/mol. The minimum atomic E-state index is -0.297. The molecule has 1 atom stereocenters. The molecule has 8 aromatic carbocycles. The van der Waals surface area contributed by atoms with Gasteiger partial charge in [0.05, 0.1) is 11.4 Å². The van der Waals surface area contributed by atoms with Crippen LogP contribution in [0.2, 0.25) is 0 Å². The summed E-state index contributed by atoms with van der Waals surface area (Å²) in [6, 6.07) is 67.9. The second-order valence-corrected chi connectivity index (χ2v) is 15.7. The van der Waals surface area contributed by atoms with Gasteiger partial charge in [-0.05, 0) is 74.8 Å². The Kier molecular flexibility index (Phi) is 7.20. The Morgan fingerprint density at radius 1 is 0.455 bits per heavy atom. The summed E-state index contributed by atoms with van der Waals surface area (Å²) in [4.78, 5) is 10.6. The Balaban J connectivity index is 1.11. The predicted octanol–water partition coefficient (Wildman–Crippen LogP) is 14.0. The van der Waals surface area contributed by atoms with Crippen LogP contribution in [0.1, 0.15) is 23.6 Å². The Labute approximate surface area is 324 Å². The lowest BCUT2D eigenvalue weighted by molar-refractivity contribution is 0.714. The van der Waals surface area contributed by atoms with E-state index in [4.69, 9.17) is 9.97 Å². The summed E-state index contributed by atoms with van der Waals surface area (Å²) in [5, 5.41) is 5.19. The van der Waals surface area contributed by atoms with Gasteiger partial charge in [-0.15, -0.1) is 11.3 Å². The van der Waals surface area contributed by atoms with Gasteiger partial charge in [0.2, 0.25) is 0 Å². The topological polar surface area (TPSA) is 25.8 Å². The second kappa shape index (κ2) is 12.4. The SMILES string of the molecule is CC1(c2ccccc2)c2ccccc2-c2c(-c3cc(-c4cccc(-c5cccc6sc7c8ccccc8ccc7c56)c4)nc(-c4ccccc4)n3)cccc21. The molecule has 1 unspecified atom stereocenters. The van der Waals surface area contributed by atoms with Gasteiger partial charge in [-0.3, -0.25) is 0 Å². The molecule has 55 heavy (non-hydrogen) atoms. The number of benzene rings is 8. The van der Waals surface area contributed by atoms with Crippen molar-refractivity contribution >= 4 is 42.3 Å². The first-order valence-electron chi connectivity index (χ1n) is 18.8. The quantitative estimate of drug-likeness (QED) is 0.177. The van der Waals surface area contributed by atoms with Gasteiger partial charge in [0, 0.05) is 42.3 Å². The van der Waals surface area contributed by atoms with E-state index < -0.39 is 0 Å². The normalized spacial score (nSPS) is 14.7. The highest BCUT2D eigenvalue weighted by Crippen LogP contribution is 2.55. The highest BCUT2D eigenvalue weighted by atomic mass is 32.1. The maximum atomic E-state index is 5.33. The molecule has 3 heteroatoms. The van der Waals surface area contributed by atoms with Crippen LogP contribution >= 0.6 is 11.3 Å². The van der Waals surface area contributed by atoms with Crippen molar-refractivity contribution in [2.45, 2.75) is 12.3 Å². The third-order valence-electron chi connectivity index (χ3n) is 11.6. The van der Waals surface area contributed by atoms with Crippen molar-refractivity contribution in [2.75, 3.05) is 0 Å². The van der Waals surface area contributed by atoms with Gasteiger partial charge in [-0.2, -0.15) is 0 Å². The highest BCUT2D eigenvalue weighted by molar-refractivity contribution is 7.26. The molecule has 0 bridgehead atoms. The van der Waals surface area contributed by atoms with Crippen LogP contribution < -0.4 is 0 Å². The van der Waals surface area contributed by atoms with Crippen LogP contribution in [-0.2, 0) is 5.41 Å². The molecule has 2 heterocycles. The monoisotopic (exact) mass is 718 g/mol. The molecule has 1 aliphatic rings. The fourth-order valence-corrected chi connectivity index (χ4v) is 10.2. The Bertz CT molecular complexity index is 3110. The molecule has 258 valence electrons. The molecule has 0 saturated carbocycles. The first-order chi connectivity index (χ1) is 27.1. The van der Waals surface area contributed by atoms with E-state index in [2.05, 4.69) is 189 Å². The van der Waals surface area contributed by atoms with Gasteiger partial charge in [-0.1, -0.05) is 170 Å². The molecule has 0 N–H and O–H groups in total. The summed E-state index contributed by atoms with van der Waals surface area (Å²) in [5.74, 6) is 0.714. The summed E-state index contributed by atoms with van der Waals surface area (Å²) in [7, 11) is 0. The predicted molar refractivity (Wildman–Crippen MR) is 232 cm³/mol. The largest absolute Gasteiger partial charge is 0.228 e. The maximum Gasteiger partial charge on any atom is 0.160 e. The van der Waals surface area contributed by atoms with E-state index in [1.54, 1.807) is 0 Å². The van der Waals surface area contributed by atoms with E-state index >= 15 is 0 Å². The molecule has 10 aromatic rings. The van der Waals surface area contributed by atoms with Gasteiger partial charge < -0.3 is 0 Å². The molecule has 0 fully saturated rings. The zero-order chi connectivity index (χ0) is 36.5. The first kappa shape index (κ1) is 31.8. The van der Waals surface area contributed by atoms with E-state index in [1.165, 1.54) is 69.9 Å². The summed E-state index contributed by atoms with van der Waals surface area (Å²) < 4.78 is 2.63. The minimum absolute atomic E-state index is 0.297. The Morgan fingerprint density at radius 3 is 2.00 bits per heavy atom. The van der Waals surface area contributed by atoms with E-state index in [0.29, 0.717) is 5.82 Å². The van der Waals surface area contributed by atoms with Crippen molar-refractivity contribution in [1.82, 2.24) is 9.97 Å². The summed E-state index contributed by atoms with van der Waals surface area (Å²) in [6.07, 6.45) is 0. The fraction of sp³-hybridized carbons (Fsp3) is 0.0385. The lowest BCUT2D eigenvalue weighted by atomic mass is 9.74. The standard InChI is InChI=1S/C52H34N2S/c1-52(37-20-6-3-7-21-37)43-26-11-10-23-40(43)48-41(25-13-27-44(48)52)46-32-45(53-51(54-46)34-16-4-2-5-17-34)36-19-12-18-35(31-36)38-24-14-28-47-49(38)42-30-29-33-15-8-9-22-39(33)50(42)55-47/h2-32H,1H3.